The zero-order valence-corrected chi connectivity index (χ0v) is 15.2. The molecule has 0 radical (unpaired) electrons. The average Bonchev–Trinajstić information content (AvgIpc) is 2.54. The fourth-order valence-corrected chi connectivity index (χ4v) is 2.78. The van der Waals surface area contributed by atoms with Crippen molar-refractivity contribution in [1.82, 2.24) is 0 Å². The molecule has 0 rings (SSSR count). The Hall–Kier alpha value is -0.830. The largest absolute Gasteiger partial charge is 0.478 e. The van der Waals surface area contributed by atoms with Crippen LogP contribution in [0.15, 0.2) is 11.6 Å². The van der Waals surface area contributed by atoms with Crippen LogP contribution in [0.25, 0.3) is 0 Å². The molecule has 0 aromatic carbocycles. The standard InChI is InChI=1S/C20H38O3/c1-19(20(22)23)17-15-13-11-9-7-5-3-2-4-6-8-10-12-14-16-18-21/h17,21H,2-16,18H2,1H3,(H,22,23). The fourth-order valence-electron chi connectivity index (χ4n) is 2.78. The molecule has 0 fully saturated rings. The number of rotatable bonds is 17. The van der Waals surface area contributed by atoms with Crippen molar-refractivity contribution in [1.29, 1.82) is 0 Å². The van der Waals surface area contributed by atoms with Crippen molar-refractivity contribution in [2.24, 2.45) is 0 Å². The van der Waals surface area contributed by atoms with Gasteiger partial charge in [0.05, 0.1) is 0 Å². The third-order valence-electron chi connectivity index (χ3n) is 4.40. The van der Waals surface area contributed by atoms with Gasteiger partial charge in [-0.3, -0.25) is 0 Å². The number of carbonyl (C=O) groups is 1. The predicted molar refractivity (Wildman–Crippen MR) is 97.7 cm³/mol. The molecule has 3 heteroatoms. The minimum absolute atomic E-state index is 0.346. The Kier molecular flexibility index (Phi) is 16.9. The van der Waals surface area contributed by atoms with E-state index in [0.717, 1.165) is 19.3 Å². The quantitative estimate of drug-likeness (QED) is 0.260. The van der Waals surface area contributed by atoms with Crippen LogP contribution in [0.1, 0.15) is 103 Å². The van der Waals surface area contributed by atoms with Crippen molar-refractivity contribution >= 4 is 5.97 Å². The minimum Gasteiger partial charge on any atom is -0.478 e. The summed E-state index contributed by atoms with van der Waals surface area (Å²) in [5, 5.41) is 17.4. The van der Waals surface area contributed by atoms with E-state index in [-0.39, 0.29) is 0 Å². The molecule has 0 aliphatic carbocycles. The summed E-state index contributed by atoms with van der Waals surface area (Å²) in [5.74, 6) is -0.796. The highest BCUT2D eigenvalue weighted by atomic mass is 16.4. The lowest BCUT2D eigenvalue weighted by Crippen LogP contribution is -1.95. The summed E-state index contributed by atoms with van der Waals surface area (Å²) in [6.45, 7) is 2.01. The fraction of sp³-hybridized carbons (Fsp3) is 0.850. The van der Waals surface area contributed by atoms with E-state index in [1.54, 1.807) is 6.92 Å². The Balaban J connectivity index is 3.11. The molecule has 3 nitrogen and oxygen atoms in total. The van der Waals surface area contributed by atoms with E-state index < -0.39 is 5.97 Å². The summed E-state index contributed by atoms with van der Waals surface area (Å²) in [7, 11) is 0. The lowest BCUT2D eigenvalue weighted by molar-refractivity contribution is -0.132. The maximum Gasteiger partial charge on any atom is 0.330 e. The summed E-state index contributed by atoms with van der Waals surface area (Å²) in [5.41, 5.74) is 0.471. The number of carboxylic acids is 1. The molecule has 0 heterocycles. The zero-order valence-electron chi connectivity index (χ0n) is 15.2. The van der Waals surface area contributed by atoms with E-state index in [1.165, 1.54) is 77.0 Å². The molecule has 0 aromatic heterocycles. The molecule has 23 heavy (non-hydrogen) atoms. The molecule has 0 aliphatic rings. The predicted octanol–water partition coefficient (Wildman–Crippen LogP) is 5.86. The van der Waals surface area contributed by atoms with Crippen LogP contribution in [0.4, 0.5) is 0 Å². The lowest BCUT2D eigenvalue weighted by atomic mass is 10.0. The van der Waals surface area contributed by atoms with Gasteiger partial charge in [-0.25, -0.2) is 4.79 Å². The van der Waals surface area contributed by atoms with E-state index in [9.17, 15) is 4.79 Å². The van der Waals surface area contributed by atoms with Crippen molar-refractivity contribution in [2.75, 3.05) is 6.61 Å². The second kappa shape index (κ2) is 17.5. The Bertz CT molecular complexity index is 297. The Morgan fingerprint density at radius 3 is 1.39 bits per heavy atom. The van der Waals surface area contributed by atoms with Crippen molar-refractivity contribution in [3.63, 3.8) is 0 Å². The number of allylic oxidation sites excluding steroid dienone is 1. The van der Waals surface area contributed by atoms with Crippen LogP contribution < -0.4 is 0 Å². The van der Waals surface area contributed by atoms with Gasteiger partial charge in [-0.1, -0.05) is 83.1 Å². The van der Waals surface area contributed by atoms with Gasteiger partial charge in [-0.15, -0.1) is 0 Å². The van der Waals surface area contributed by atoms with E-state index in [0.29, 0.717) is 12.2 Å². The zero-order chi connectivity index (χ0) is 17.2. The maximum absolute atomic E-state index is 10.6. The molecule has 0 atom stereocenters. The van der Waals surface area contributed by atoms with Gasteiger partial charge in [0.1, 0.15) is 0 Å². The number of unbranched alkanes of at least 4 members (excludes halogenated alkanes) is 14. The van der Waals surface area contributed by atoms with Crippen LogP contribution in [0, 0.1) is 0 Å². The molecule has 0 saturated heterocycles. The molecule has 0 amide bonds. The number of hydrogen-bond donors (Lipinski definition) is 2. The van der Waals surface area contributed by atoms with Crippen molar-refractivity contribution in [3.05, 3.63) is 11.6 Å². The van der Waals surface area contributed by atoms with E-state index >= 15 is 0 Å². The summed E-state index contributed by atoms with van der Waals surface area (Å²) in [4.78, 5) is 10.6. The van der Waals surface area contributed by atoms with Crippen molar-refractivity contribution in [3.8, 4) is 0 Å². The molecule has 0 aliphatic heterocycles. The van der Waals surface area contributed by atoms with Crippen LogP contribution in [-0.4, -0.2) is 22.8 Å². The number of aliphatic hydroxyl groups excluding tert-OH is 1. The van der Waals surface area contributed by atoms with Gasteiger partial charge in [0.25, 0.3) is 0 Å². The van der Waals surface area contributed by atoms with Crippen LogP contribution in [0.5, 0.6) is 0 Å². The molecular formula is C20H38O3. The molecule has 136 valence electrons. The third kappa shape index (κ3) is 17.4. The van der Waals surface area contributed by atoms with Crippen molar-refractivity contribution in [2.45, 2.75) is 103 Å². The highest BCUT2D eigenvalue weighted by Crippen LogP contribution is 2.13. The minimum atomic E-state index is -0.796. The summed E-state index contributed by atoms with van der Waals surface area (Å²) in [6, 6.07) is 0. The third-order valence-corrected chi connectivity index (χ3v) is 4.40. The van der Waals surface area contributed by atoms with E-state index in [2.05, 4.69) is 0 Å². The van der Waals surface area contributed by atoms with Gasteiger partial charge < -0.3 is 10.2 Å². The highest BCUT2D eigenvalue weighted by Gasteiger charge is 1.98. The summed E-state index contributed by atoms with van der Waals surface area (Å²) < 4.78 is 0. The number of carboxylic acid groups (broad SMARTS) is 1. The average molecular weight is 327 g/mol. The second-order valence-electron chi connectivity index (χ2n) is 6.65. The lowest BCUT2D eigenvalue weighted by Gasteiger charge is -2.03. The number of aliphatic carboxylic acids is 1. The molecule has 0 unspecified atom stereocenters. The van der Waals surface area contributed by atoms with Crippen LogP contribution in [0.3, 0.4) is 0 Å². The molecule has 0 saturated carbocycles. The topological polar surface area (TPSA) is 57.5 Å². The monoisotopic (exact) mass is 326 g/mol. The van der Waals surface area contributed by atoms with Crippen molar-refractivity contribution < 1.29 is 15.0 Å². The van der Waals surface area contributed by atoms with E-state index in [4.69, 9.17) is 10.2 Å². The van der Waals surface area contributed by atoms with Crippen LogP contribution in [-0.2, 0) is 4.79 Å². The first kappa shape index (κ1) is 22.2. The SMILES string of the molecule is CC(=CCCCCCCCCCCCCCCCCO)C(=O)O. The maximum atomic E-state index is 10.6. The van der Waals surface area contributed by atoms with Gasteiger partial charge in [-0.2, -0.15) is 0 Å². The first-order valence-corrected chi connectivity index (χ1v) is 9.69. The van der Waals surface area contributed by atoms with Gasteiger partial charge in [0, 0.05) is 12.2 Å². The normalized spacial score (nSPS) is 11.8. The molecule has 0 spiro atoms. The Labute approximate surface area is 143 Å². The molecule has 0 aromatic rings. The number of aliphatic hydroxyl groups is 1. The first-order chi connectivity index (χ1) is 11.2. The second-order valence-corrected chi connectivity index (χ2v) is 6.65. The van der Waals surface area contributed by atoms with Gasteiger partial charge in [0.15, 0.2) is 0 Å². The van der Waals surface area contributed by atoms with Crippen LogP contribution in [0.2, 0.25) is 0 Å². The number of hydrogen-bond acceptors (Lipinski definition) is 2. The summed E-state index contributed by atoms with van der Waals surface area (Å²) >= 11 is 0. The highest BCUT2D eigenvalue weighted by molar-refractivity contribution is 5.85. The Morgan fingerprint density at radius 2 is 1.04 bits per heavy atom. The first-order valence-electron chi connectivity index (χ1n) is 9.69. The molecule has 2 N–H and O–H groups in total. The smallest absolute Gasteiger partial charge is 0.330 e. The molecular weight excluding hydrogens is 288 g/mol. The molecule has 0 bridgehead atoms. The van der Waals surface area contributed by atoms with Gasteiger partial charge in [0.2, 0.25) is 0 Å². The van der Waals surface area contributed by atoms with E-state index in [1.807, 2.05) is 6.08 Å². The van der Waals surface area contributed by atoms with Gasteiger partial charge >= 0.3 is 5.97 Å². The Morgan fingerprint density at radius 1 is 0.696 bits per heavy atom. The summed E-state index contributed by atoms with van der Waals surface area (Å²) in [6.07, 6.45) is 20.6. The van der Waals surface area contributed by atoms with Gasteiger partial charge in [-0.05, 0) is 26.2 Å². The van der Waals surface area contributed by atoms with Crippen LogP contribution >= 0.6 is 0 Å².